The maximum absolute atomic E-state index is 13.1. The van der Waals surface area contributed by atoms with Gasteiger partial charge in [-0.3, -0.25) is 14.5 Å². The van der Waals surface area contributed by atoms with Crippen molar-refractivity contribution in [2.24, 2.45) is 5.73 Å². The molecule has 1 aliphatic carbocycles. The number of likely N-dealkylation sites (tertiary alicyclic amines) is 1. The first kappa shape index (κ1) is 16.3. The molecule has 21 heavy (non-hydrogen) atoms. The van der Waals surface area contributed by atoms with E-state index < -0.39 is 0 Å². The Morgan fingerprint density at radius 3 is 2.19 bits per heavy atom. The molecule has 1 saturated carbocycles. The summed E-state index contributed by atoms with van der Waals surface area (Å²) in [4.78, 5) is 28.2. The summed E-state index contributed by atoms with van der Waals surface area (Å²) in [5.41, 5.74) is 4.89. The van der Waals surface area contributed by atoms with Gasteiger partial charge < -0.3 is 10.6 Å². The number of amides is 2. The first-order chi connectivity index (χ1) is 10.1. The highest BCUT2D eigenvalue weighted by molar-refractivity contribution is 5.87. The lowest BCUT2D eigenvalue weighted by molar-refractivity contribution is -0.147. The van der Waals surface area contributed by atoms with Gasteiger partial charge in [-0.25, -0.2) is 0 Å². The van der Waals surface area contributed by atoms with E-state index >= 15 is 0 Å². The summed E-state index contributed by atoms with van der Waals surface area (Å²) in [5.74, 6) is -0.143. The molecular formula is C16H29N3O2. The normalized spacial score (nSPS) is 22.7. The quantitative estimate of drug-likeness (QED) is 0.836. The van der Waals surface area contributed by atoms with Crippen LogP contribution in [0.25, 0.3) is 0 Å². The Bertz CT molecular complexity index is 372. The van der Waals surface area contributed by atoms with Crippen LogP contribution in [0.5, 0.6) is 0 Å². The fraction of sp³-hybridized carbons (Fsp3) is 0.875. The van der Waals surface area contributed by atoms with Crippen LogP contribution in [0.2, 0.25) is 0 Å². The van der Waals surface area contributed by atoms with E-state index in [0.29, 0.717) is 6.54 Å². The molecule has 2 aliphatic rings. The minimum Gasteiger partial charge on any atom is -0.370 e. The highest BCUT2D eigenvalue weighted by atomic mass is 16.2. The fourth-order valence-corrected chi connectivity index (χ4v) is 3.86. The second-order valence-corrected chi connectivity index (χ2v) is 6.58. The lowest BCUT2D eigenvalue weighted by Crippen LogP contribution is -2.61. The minimum absolute atomic E-state index is 0.199. The average Bonchev–Trinajstić information content (AvgIpc) is 2.53. The largest absolute Gasteiger partial charge is 0.370 e. The number of likely N-dealkylation sites (N-methyl/N-ethyl adjacent to an activating group) is 1. The van der Waals surface area contributed by atoms with Gasteiger partial charge in [-0.15, -0.1) is 0 Å². The fourth-order valence-electron chi connectivity index (χ4n) is 3.86. The summed E-state index contributed by atoms with van der Waals surface area (Å²) in [6.45, 7) is 2.51. The Morgan fingerprint density at radius 1 is 1.05 bits per heavy atom. The molecule has 1 heterocycles. The third-order valence-electron chi connectivity index (χ3n) is 5.08. The van der Waals surface area contributed by atoms with Crippen molar-refractivity contribution in [1.29, 1.82) is 0 Å². The Balaban J connectivity index is 2.10. The number of hydrogen-bond acceptors (Lipinski definition) is 3. The molecular weight excluding hydrogens is 266 g/mol. The molecule has 0 aromatic carbocycles. The van der Waals surface area contributed by atoms with Gasteiger partial charge in [-0.05, 0) is 38.8 Å². The molecule has 1 aliphatic heterocycles. The van der Waals surface area contributed by atoms with Crippen molar-refractivity contribution >= 4 is 11.8 Å². The van der Waals surface area contributed by atoms with Crippen molar-refractivity contribution in [3.8, 4) is 0 Å². The maximum Gasteiger partial charge on any atom is 0.242 e. The Kier molecular flexibility index (Phi) is 5.62. The molecule has 2 fully saturated rings. The lowest BCUT2D eigenvalue weighted by Gasteiger charge is -2.48. The molecule has 0 atom stereocenters. The van der Waals surface area contributed by atoms with Crippen molar-refractivity contribution in [2.45, 2.75) is 63.3 Å². The molecule has 2 amide bonds. The summed E-state index contributed by atoms with van der Waals surface area (Å²) in [5, 5.41) is 0. The summed E-state index contributed by atoms with van der Waals surface area (Å²) < 4.78 is 0. The maximum atomic E-state index is 13.1. The van der Waals surface area contributed by atoms with Crippen molar-refractivity contribution in [3.05, 3.63) is 0 Å². The smallest absolute Gasteiger partial charge is 0.242 e. The van der Waals surface area contributed by atoms with Crippen LogP contribution in [0, 0.1) is 0 Å². The predicted octanol–water partition coefficient (Wildman–Crippen LogP) is 1.51. The Morgan fingerprint density at radius 2 is 1.62 bits per heavy atom. The van der Waals surface area contributed by atoms with E-state index in [-0.39, 0.29) is 23.8 Å². The van der Waals surface area contributed by atoms with E-state index in [1.54, 1.807) is 4.90 Å². The summed E-state index contributed by atoms with van der Waals surface area (Å²) >= 11 is 0. The number of carbonyl (C=O) groups excluding carboxylic acids is 2. The van der Waals surface area contributed by atoms with Crippen molar-refractivity contribution < 1.29 is 9.59 Å². The molecule has 0 aromatic heterocycles. The molecule has 0 aromatic rings. The molecule has 2 N–H and O–H groups in total. The standard InChI is InChI=1S/C16H29N3O2/c1-18(13-8-14(17)20)15(21)16(9-4-2-5-10-16)19-11-6-3-7-12-19/h2-13H2,1H3,(H2,17,20). The van der Waals surface area contributed by atoms with Crippen LogP contribution >= 0.6 is 0 Å². The van der Waals surface area contributed by atoms with E-state index in [0.717, 1.165) is 38.8 Å². The highest BCUT2D eigenvalue weighted by Gasteiger charge is 2.46. The van der Waals surface area contributed by atoms with Crippen LogP contribution in [0.3, 0.4) is 0 Å². The molecule has 5 nitrogen and oxygen atoms in total. The van der Waals surface area contributed by atoms with Crippen LogP contribution in [0.1, 0.15) is 57.8 Å². The summed E-state index contributed by atoms with van der Waals surface area (Å²) in [7, 11) is 1.81. The van der Waals surface area contributed by atoms with Crippen LogP contribution < -0.4 is 5.73 Å². The summed E-state index contributed by atoms with van der Waals surface area (Å²) in [6, 6.07) is 0. The summed E-state index contributed by atoms with van der Waals surface area (Å²) in [6.07, 6.45) is 9.34. The monoisotopic (exact) mass is 295 g/mol. The number of piperidine rings is 1. The van der Waals surface area contributed by atoms with Crippen LogP contribution in [-0.2, 0) is 9.59 Å². The van der Waals surface area contributed by atoms with E-state index in [9.17, 15) is 9.59 Å². The molecule has 0 spiro atoms. The first-order valence-corrected chi connectivity index (χ1v) is 8.35. The van der Waals surface area contributed by atoms with Crippen molar-refractivity contribution in [3.63, 3.8) is 0 Å². The molecule has 2 rings (SSSR count). The van der Waals surface area contributed by atoms with Crippen LogP contribution in [0.15, 0.2) is 0 Å². The zero-order chi connectivity index (χ0) is 15.3. The van der Waals surface area contributed by atoms with E-state index in [2.05, 4.69) is 4.90 Å². The average molecular weight is 295 g/mol. The Labute approximate surface area is 127 Å². The van der Waals surface area contributed by atoms with E-state index in [1.807, 2.05) is 7.05 Å². The van der Waals surface area contributed by atoms with Gasteiger partial charge in [0.15, 0.2) is 0 Å². The number of nitrogens with zero attached hydrogens (tertiary/aromatic N) is 2. The number of primary amides is 1. The second kappa shape index (κ2) is 7.25. The van der Waals surface area contributed by atoms with Gasteiger partial charge in [0.2, 0.25) is 11.8 Å². The van der Waals surface area contributed by atoms with Gasteiger partial charge in [0.05, 0.1) is 0 Å². The predicted molar refractivity (Wildman–Crippen MR) is 82.7 cm³/mol. The molecule has 120 valence electrons. The molecule has 0 bridgehead atoms. The molecule has 5 heteroatoms. The van der Waals surface area contributed by atoms with Gasteiger partial charge >= 0.3 is 0 Å². The third-order valence-corrected chi connectivity index (χ3v) is 5.08. The highest BCUT2D eigenvalue weighted by Crippen LogP contribution is 2.37. The van der Waals surface area contributed by atoms with Gasteiger partial charge in [-0.2, -0.15) is 0 Å². The van der Waals surface area contributed by atoms with E-state index in [1.165, 1.54) is 25.7 Å². The lowest BCUT2D eigenvalue weighted by atomic mass is 9.78. The van der Waals surface area contributed by atoms with Crippen LogP contribution in [-0.4, -0.2) is 53.8 Å². The zero-order valence-corrected chi connectivity index (χ0v) is 13.3. The van der Waals surface area contributed by atoms with Gasteiger partial charge in [-0.1, -0.05) is 25.7 Å². The van der Waals surface area contributed by atoms with Gasteiger partial charge in [0.25, 0.3) is 0 Å². The van der Waals surface area contributed by atoms with Gasteiger partial charge in [0.1, 0.15) is 5.54 Å². The second-order valence-electron chi connectivity index (χ2n) is 6.58. The first-order valence-electron chi connectivity index (χ1n) is 8.35. The molecule has 0 radical (unpaired) electrons. The van der Waals surface area contributed by atoms with Crippen molar-refractivity contribution in [2.75, 3.05) is 26.7 Å². The third kappa shape index (κ3) is 3.76. The molecule has 1 saturated heterocycles. The van der Waals surface area contributed by atoms with E-state index in [4.69, 9.17) is 5.73 Å². The van der Waals surface area contributed by atoms with Gasteiger partial charge in [0, 0.05) is 20.0 Å². The number of nitrogens with two attached hydrogens (primary N) is 1. The number of carbonyl (C=O) groups is 2. The molecule has 0 unspecified atom stereocenters. The number of hydrogen-bond donors (Lipinski definition) is 1. The van der Waals surface area contributed by atoms with Crippen LogP contribution in [0.4, 0.5) is 0 Å². The topological polar surface area (TPSA) is 66.6 Å². The number of rotatable bonds is 5. The van der Waals surface area contributed by atoms with Crippen molar-refractivity contribution in [1.82, 2.24) is 9.80 Å². The zero-order valence-electron chi connectivity index (χ0n) is 13.3. The SMILES string of the molecule is CN(CCC(N)=O)C(=O)C1(N2CCCCC2)CCCCC1. The minimum atomic E-state index is -0.342. The Hall–Kier alpha value is -1.10.